The maximum Gasteiger partial charge on any atom is 0.236 e. The normalized spacial score (nSPS) is 29.6. The average molecular weight is 350 g/mol. The molecule has 5 nitrogen and oxygen atoms in total. The highest BCUT2D eigenvalue weighted by molar-refractivity contribution is 5.78. The van der Waals surface area contributed by atoms with Gasteiger partial charge in [0.25, 0.3) is 0 Å². The van der Waals surface area contributed by atoms with Crippen LogP contribution in [0.25, 0.3) is 0 Å². The Kier molecular flexibility index (Phi) is 5.71. The van der Waals surface area contributed by atoms with E-state index in [0.29, 0.717) is 13.1 Å². The molecule has 6 heteroatoms. The molecular formula is C19H27FN2O3. The average Bonchev–Trinajstić information content (AvgIpc) is 3.20. The number of halogens is 1. The molecule has 1 saturated carbocycles. The molecule has 1 heterocycles. The van der Waals surface area contributed by atoms with Crippen LogP contribution < -0.4 is 0 Å². The Morgan fingerprint density at radius 2 is 2.16 bits per heavy atom. The molecule has 2 fully saturated rings. The van der Waals surface area contributed by atoms with E-state index in [2.05, 4.69) is 0 Å². The number of likely N-dealkylation sites (tertiary alicyclic amines) is 1. The predicted octanol–water partition coefficient (Wildman–Crippen LogP) is 1.21. The quantitative estimate of drug-likeness (QED) is 0.838. The number of aliphatic hydroxyl groups excluding tert-OH is 2. The van der Waals surface area contributed by atoms with Gasteiger partial charge < -0.3 is 15.1 Å². The summed E-state index contributed by atoms with van der Waals surface area (Å²) in [5.74, 6) is -0.423. The fraction of sp³-hybridized carbons (Fsp3) is 0.632. The molecular weight excluding hydrogens is 323 g/mol. The molecule has 1 amide bonds. The van der Waals surface area contributed by atoms with Crippen molar-refractivity contribution in [3.8, 4) is 0 Å². The van der Waals surface area contributed by atoms with E-state index < -0.39 is 0 Å². The zero-order valence-corrected chi connectivity index (χ0v) is 14.6. The van der Waals surface area contributed by atoms with Gasteiger partial charge in [0.1, 0.15) is 5.82 Å². The molecule has 2 aliphatic rings. The number of rotatable bonds is 5. The number of carbonyl (C=O) groups excluding carboxylic acids is 1. The Balaban J connectivity index is 1.64. The molecule has 1 aromatic carbocycles. The first-order valence-electron chi connectivity index (χ1n) is 9.02. The van der Waals surface area contributed by atoms with Gasteiger partial charge in [0.2, 0.25) is 5.91 Å². The lowest BCUT2D eigenvalue weighted by Gasteiger charge is -2.28. The van der Waals surface area contributed by atoms with E-state index in [1.54, 1.807) is 11.0 Å². The standard InChI is InChI=1S/C19H27FN2O3/c1-21(17-6-3-7-18(17)24)11-19(25)22-9-14(12-23)16(10-22)13-4-2-5-15(20)8-13/h2,4-5,8,14,16-18,23-24H,3,6-7,9-12H2,1H3/t14-,16-,17+,18+/m0/s1. The molecule has 0 unspecified atom stereocenters. The highest BCUT2D eigenvalue weighted by Crippen LogP contribution is 2.33. The maximum absolute atomic E-state index is 13.5. The highest BCUT2D eigenvalue weighted by atomic mass is 19.1. The van der Waals surface area contributed by atoms with E-state index in [4.69, 9.17) is 0 Å². The lowest BCUT2D eigenvalue weighted by atomic mass is 9.89. The van der Waals surface area contributed by atoms with Crippen LogP contribution in [-0.4, -0.2) is 71.4 Å². The molecule has 0 spiro atoms. The van der Waals surface area contributed by atoms with Crippen LogP contribution in [0.1, 0.15) is 30.7 Å². The number of hydrogen-bond acceptors (Lipinski definition) is 4. The summed E-state index contributed by atoms with van der Waals surface area (Å²) in [4.78, 5) is 16.4. The number of benzene rings is 1. The molecule has 1 aliphatic carbocycles. The van der Waals surface area contributed by atoms with Gasteiger partial charge in [-0.05, 0) is 44.0 Å². The van der Waals surface area contributed by atoms with Gasteiger partial charge >= 0.3 is 0 Å². The van der Waals surface area contributed by atoms with E-state index in [1.165, 1.54) is 12.1 Å². The second-order valence-corrected chi connectivity index (χ2v) is 7.38. The molecule has 138 valence electrons. The molecule has 3 rings (SSSR count). The molecule has 2 N–H and O–H groups in total. The summed E-state index contributed by atoms with van der Waals surface area (Å²) in [5.41, 5.74) is 0.828. The monoisotopic (exact) mass is 350 g/mol. The van der Waals surface area contributed by atoms with Crippen LogP contribution in [-0.2, 0) is 4.79 Å². The van der Waals surface area contributed by atoms with Crippen molar-refractivity contribution in [3.05, 3.63) is 35.6 Å². The fourth-order valence-electron chi connectivity index (χ4n) is 4.24. The Morgan fingerprint density at radius 1 is 1.36 bits per heavy atom. The van der Waals surface area contributed by atoms with Gasteiger partial charge in [-0.25, -0.2) is 4.39 Å². The third-order valence-corrected chi connectivity index (χ3v) is 5.70. The van der Waals surface area contributed by atoms with Crippen molar-refractivity contribution < 1.29 is 19.4 Å². The van der Waals surface area contributed by atoms with Crippen molar-refractivity contribution in [2.24, 2.45) is 5.92 Å². The molecule has 25 heavy (non-hydrogen) atoms. The first-order valence-corrected chi connectivity index (χ1v) is 9.02. The third-order valence-electron chi connectivity index (χ3n) is 5.70. The number of likely N-dealkylation sites (N-methyl/N-ethyl adjacent to an activating group) is 1. The summed E-state index contributed by atoms with van der Waals surface area (Å²) in [7, 11) is 1.88. The van der Waals surface area contributed by atoms with Crippen molar-refractivity contribution in [2.45, 2.75) is 37.3 Å². The summed E-state index contributed by atoms with van der Waals surface area (Å²) < 4.78 is 13.5. The van der Waals surface area contributed by atoms with Gasteiger partial charge in [0, 0.05) is 37.6 Å². The van der Waals surface area contributed by atoms with Crippen LogP contribution in [0.2, 0.25) is 0 Å². The minimum Gasteiger partial charge on any atom is -0.396 e. The molecule has 1 saturated heterocycles. The Morgan fingerprint density at radius 3 is 2.80 bits per heavy atom. The van der Waals surface area contributed by atoms with Crippen molar-refractivity contribution in [2.75, 3.05) is 33.3 Å². The lowest BCUT2D eigenvalue weighted by molar-refractivity contribution is -0.132. The van der Waals surface area contributed by atoms with Crippen molar-refractivity contribution in [3.63, 3.8) is 0 Å². The topological polar surface area (TPSA) is 64.0 Å². The van der Waals surface area contributed by atoms with Gasteiger partial charge in [-0.2, -0.15) is 0 Å². The van der Waals surface area contributed by atoms with Gasteiger partial charge in [-0.15, -0.1) is 0 Å². The predicted molar refractivity (Wildman–Crippen MR) is 92.6 cm³/mol. The van der Waals surface area contributed by atoms with Crippen LogP contribution >= 0.6 is 0 Å². The van der Waals surface area contributed by atoms with Crippen molar-refractivity contribution in [1.29, 1.82) is 0 Å². The van der Waals surface area contributed by atoms with E-state index in [1.807, 2.05) is 18.0 Å². The van der Waals surface area contributed by atoms with Crippen molar-refractivity contribution >= 4 is 5.91 Å². The summed E-state index contributed by atoms with van der Waals surface area (Å²) in [5, 5.41) is 19.7. The Bertz CT molecular complexity index is 612. The SMILES string of the molecule is CN(CC(=O)N1C[C@@H](CO)[C@H](c2cccc(F)c2)C1)[C@@H]1CCC[C@H]1O. The minimum absolute atomic E-state index is 0.000969. The third kappa shape index (κ3) is 4.02. The molecule has 1 aromatic rings. The molecule has 1 aliphatic heterocycles. The fourth-order valence-corrected chi connectivity index (χ4v) is 4.24. The van der Waals surface area contributed by atoms with Crippen molar-refractivity contribution in [1.82, 2.24) is 9.80 Å². The number of nitrogens with zero attached hydrogens (tertiary/aromatic N) is 2. The van der Waals surface area contributed by atoms with Gasteiger partial charge in [-0.1, -0.05) is 12.1 Å². The number of hydrogen-bond donors (Lipinski definition) is 2. The van der Waals surface area contributed by atoms with Gasteiger partial charge in [0.05, 0.1) is 12.6 Å². The van der Waals surface area contributed by atoms with Crippen LogP contribution in [0.4, 0.5) is 4.39 Å². The van der Waals surface area contributed by atoms with Crippen LogP contribution in [0.15, 0.2) is 24.3 Å². The minimum atomic E-state index is -0.360. The first kappa shape index (κ1) is 18.3. The number of amides is 1. The van der Waals surface area contributed by atoms with E-state index in [0.717, 1.165) is 24.8 Å². The molecule has 0 bridgehead atoms. The highest BCUT2D eigenvalue weighted by Gasteiger charge is 2.37. The summed E-state index contributed by atoms with van der Waals surface area (Å²) >= 11 is 0. The molecule has 4 atom stereocenters. The van der Waals surface area contributed by atoms with Crippen LogP contribution in [0.3, 0.4) is 0 Å². The van der Waals surface area contributed by atoms with E-state index in [9.17, 15) is 19.4 Å². The first-order chi connectivity index (χ1) is 12.0. The second-order valence-electron chi connectivity index (χ2n) is 7.38. The second kappa shape index (κ2) is 7.81. The van der Waals surface area contributed by atoms with E-state index in [-0.39, 0.29) is 48.9 Å². The summed E-state index contributed by atoms with van der Waals surface area (Å²) in [6.07, 6.45) is 2.33. The van der Waals surface area contributed by atoms with Crippen LogP contribution in [0, 0.1) is 11.7 Å². The maximum atomic E-state index is 13.5. The lowest BCUT2D eigenvalue weighted by Crippen LogP contribution is -2.44. The van der Waals surface area contributed by atoms with Crippen LogP contribution in [0.5, 0.6) is 0 Å². The Hall–Kier alpha value is -1.50. The number of aliphatic hydroxyl groups is 2. The van der Waals surface area contributed by atoms with Gasteiger partial charge in [-0.3, -0.25) is 9.69 Å². The zero-order valence-electron chi connectivity index (χ0n) is 14.6. The Labute approximate surface area is 148 Å². The number of carbonyl (C=O) groups is 1. The molecule has 0 radical (unpaired) electrons. The summed E-state index contributed by atoms with van der Waals surface area (Å²) in [6.45, 7) is 1.21. The summed E-state index contributed by atoms with van der Waals surface area (Å²) in [6, 6.07) is 6.45. The van der Waals surface area contributed by atoms with Gasteiger partial charge in [0.15, 0.2) is 0 Å². The largest absolute Gasteiger partial charge is 0.396 e. The zero-order chi connectivity index (χ0) is 18.0. The smallest absolute Gasteiger partial charge is 0.236 e. The van der Waals surface area contributed by atoms with E-state index >= 15 is 0 Å². The molecule has 0 aromatic heterocycles.